The summed E-state index contributed by atoms with van der Waals surface area (Å²) in [5.74, 6) is 0.866. The number of nitrogens with one attached hydrogen (secondary N) is 2. The smallest absolute Gasteiger partial charge is 0.407 e. The van der Waals surface area contributed by atoms with Crippen molar-refractivity contribution in [3.63, 3.8) is 0 Å². The van der Waals surface area contributed by atoms with Crippen LogP contribution in [-0.2, 0) is 11.3 Å². The predicted molar refractivity (Wildman–Crippen MR) is 101 cm³/mol. The zero-order valence-corrected chi connectivity index (χ0v) is 15.4. The Morgan fingerprint density at radius 1 is 1.15 bits per heavy atom. The third-order valence-electron chi connectivity index (χ3n) is 3.59. The van der Waals surface area contributed by atoms with E-state index in [0.29, 0.717) is 6.54 Å². The van der Waals surface area contributed by atoms with Crippen LogP contribution in [0.1, 0.15) is 32.0 Å². The van der Waals surface area contributed by atoms with E-state index in [1.165, 1.54) is 0 Å². The maximum Gasteiger partial charge on any atom is 0.407 e. The van der Waals surface area contributed by atoms with Gasteiger partial charge in [0.1, 0.15) is 11.4 Å². The third-order valence-corrected chi connectivity index (χ3v) is 3.59. The van der Waals surface area contributed by atoms with Gasteiger partial charge in [-0.15, -0.1) is 0 Å². The molecule has 0 radical (unpaired) electrons. The van der Waals surface area contributed by atoms with Crippen molar-refractivity contribution in [2.75, 3.05) is 5.32 Å². The number of alkyl carbamates (subject to hydrolysis) is 1. The van der Waals surface area contributed by atoms with Gasteiger partial charge in [-0.3, -0.25) is 9.38 Å². The van der Waals surface area contributed by atoms with E-state index >= 15 is 0 Å². The molecule has 26 heavy (non-hydrogen) atoms. The number of anilines is 2. The fraction of sp³-hybridized carbons (Fsp3) is 0.316. The fourth-order valence-electron chi connectivity index (χ4n) is 2.42. The molecule has 0 atom stereocenters. The van der Waals surface area contributed by atoms with Gasteiger partial charge in [-0.25, -0.2) is 9.78 Å². The molecule has 7 nitrogen and oxygen atoms in total. The first-order valence-corrected chi connectivity index (χ1v) is 8.43. The Balaban J connectivity index is 1.62. The molecule has 3 rings (SSSR count). The predicted octanol–water partition coefficient (Wildman–Crippen LogP) is 3.81. The molecule has 3 aromatic rings. The molecule has 1 amide bonds. The summed E-state index contributed by atoms with van der Waals surface area (Å²) in [5.41, 5.74) is 3.13. The van der Waals surface area contributed by atoms with E-state index in [1.807, 2.05) is 62.6 Å². The molecule has 7 heteroatoms. The van der Waals surface area contributed by atoms with Gasteiger partial charge in [0, 0.05) is 18.4 Å². The van der Waals surface area contributed by atoms with E-state index in [2.05, 4.69) is 20.6 Å². The quantitative estimate of drug-likeness (QED) is 0.745. The Morgan fingerprint density at radius 3 is 2.58 bits per heavy atom. The van der Waals surface area contributed by atoms with Crippen LogP contribution >= 0.6 is 0 Å². The van der Waals surface area contributed by atoms with E-state index in [-0.39, 0.29) is 0 Å². The highest BCUT2D eigenvalue weighted by atomic mass is 16.6. The SMILES string of the molecule is Cc1cn2c(Nc3ccc(CNC(=O)OC(C)(C)C)cc3)cnc2cn1. The van der Waals surface area contributed by atoms with Crippen LogP contribution in [0.4, 0.5) is 16.3 Å². The van der Waals surface area contributed by atoms with Crippen molar-refractivity contribution in [3.8, 4) is 0 Å². The molecule has 2 heterocycles. The minimum absolute atomic E-state index is 0.412. The van der Waals surface area contributed by atoms with Crippen LogP contribution in [0.15, 0.2) is 42.9 Å². The molecule has 0 bridgehead atoms. The molecule has 2 N–H and O–H groups in total. The minimum Gasteiger partial charge on any atom is -0.444 e. The fourth-order valence-corrected chi connectivity index (χ4v) is 2.42. The summed E-state index contributed by atoms with van der Waals surface area (Å²) in [7, 11) is 0. The van der Waals surface area contributed by atoms with Crippen LogP contribution in [0.25, 0.3) is 5.65 Å². The van der Waals surface area contributed by atoms with Crippen LogP contribution < -0.4 is 10.6 Å². The summed E-state index contributed by atoms with van der Waals surface area (Å²) < 4.78 is 7.19. The monoisotopic (exact) mass is 353 g/mol. The lowest BCUT2D eigenvalue weighted by atomic mass is 10.2. The second-order valence-corrected chi connectivity index (χ2v) is 7.08. The number of imidazole rings is 1. The maximum absolute atomic E-state index is 11.7. The average molecular weight is 353 g/mol. The second-order valence-electron chi connectivity index (χ2n) is 7.08. The topological polar surface area (TPSA) is 80.5 Å². The Hall–Kier alpha value is -3.09. The molecule has 0 aliphatic rings. The summed E-state index contributed by atoms with van der Waals surface area (Å²) in [6.45, 7) is 7.87. The first kappa shape index (κ1) is 17.7. The van der Waals surface area contributed by atoms with Crippen molar-refractivity contribution >= 4 is 23.2 Å². The third kappa shape index (κ3) is 4.50. The lowest BCUT2D eigenvalue weighted by Crippen LogP contribution is -2.32. The van der Waals surface area contributed by atoms with Gasteiger partial charge in [-0.1, -0.05) is 12.1 Å². The highest BCUT2D eigenvalue weighted by Crippen LogP contribution is 2.18. The normalized spacial score (nSPS) is 11.4. The Kier molecular flexibility index (Phi) is 4.79. The number of carbonyl (C=O) groups is 1. The lowest BCUT2D eigenvalue weighted by Gasteiger charge is -2.19. The van der Waals surface area contributed by atoms with Gasteiger partial charge in [0.05, 0.1) is 18.1 Å². The van der Waals surface area contributed by atoms with E-state index in [1.54, 1.807) is 12.4 Å². The van der Waals surface area contributed by atoms with Crippen LogP contribution in [-0.4, -0.2) is 26.1 Å². The van der Waals surface area contributed by atoms with E-state index < -0.39 is 11.7 Å². The molecule has 0 unspecified atom stereocenters. The lowest BCUT2D eigenvalue weighted by molar-refractivity contribution is 0.0523. The molecule has 0 saturated carbocycles. The van der Waals surface area contributed by atoms with E-state index in [9.17, 15) is 4.79 Å². The molecule has 136 valence electrons. The van der Waals surface area contributed by atoms with Crippen molar-refractivity contribution in [3.05, 3.63) is 54.1 Å². The number of hydrogen-bond donors (Lipinski definition) is 2. The van der Waals surface area contributed by atoms with Crippen LogP contribution in [0.2, 0.25) is 0 Å². The molecule has 2 aromatic heterocycles. The Bertz CT molecular complexity index is 910. The Morgan fingerprint density at radius 2 is 1.88 bits per heavy atom. The first-order valence-electron chi connectivity index (χ1n) is 8.43. The van der Waals surface area contributed by atoms with Crippen LogP contribution in [0.5, 0.6) is 0 Å². The maximum atomic E-state index is 11.7. The molecule has 1 aromatic carbocycles. The minimum atomic E-state index is -0.500. The van der Waals surface area contributed by atoms with Crippen LogP contribution in [0, 0.1) is 6.92 Å². The van der Waals surface area contributed by atoms with Gasteiger partial charge in [0.25, 0.3) is 0 Å². The van der Waals surface area contributed by atoms with Crippen LogP contribution in [0.3, 0.4) is 0 Å². The van der Waals surface area contributed by atoms with E-state index in [0.717, 1.165) is 28.4 Å². The zero-order valence-electron chi connectivity index (χ0n) is 15.4. The summed E-state index contributed by atoms with van der Waals surface area (Å²) in [5, 5.41) is 6.09. The number of nitrogens with zero attached hydrogens (tertiary/aromatic N) is 3. The van der Waals surface area contributed by atoms with Crippen molar-refractivity contribution in [1.29, 1.82) is 0 Å². The zero-order chi connectivity index (χ0) is 18.7. The molecule has 0 saturated heterocycles. The number of hydrogen-bond acceptors (Lipinski definition) is 5. The number of amides is 1. The Labute approximate surface area is 152 Å². The molecule has 0 aliphatic heterocycles. The van der Waals surface area contributed by atoms with Gasteiger partial charge < -0.3 is 15.4 Å². The number of carbonyl (C=O) groups excluding carboxylic acids is 1. The van der Waals surface area contributed by atoms with Gasteiger partial charge in [0.2, 0.25) is 0 Å². The number of aryl methyl sites for hydroxylation is 1. The van der Waals surface area contributed by atoms with Crippen molar-refractivity contribution in [1.82, 2.24) is 19.7 Å². The molecule has 0 aliphatic carbocycles. The summed E-state index contributed by atoms with van der Waals surface area (Å²) in [6, 6.07) is 7.82. The number of rotatable bonds is 4. The highest BCUT2D eigenvalue weighted by molar-refractivity contribution is 5.67. The average Bonchev–Trinajstić information content (AvgIpc) is 2.95. The van der Waals surface area contributed by atoms with Gasteiger partial charge >= 0.3 is 6.09 Å². The summed E-state index contributed by atoms with van der Waals surface area (Å²) in [4.78, 5) is 20.3. The largest absolute Gasteiger partial charge is 0.444 e. The van der Waals surface area contributed by atoms with Crippen molar-refractivity contribution < 1.29 is 9.53 Å². The number of fused-ring (bicyclic) bond motifs is 1. The number of ether oxygens (including phenoxy) is 1. The molecule has 0 fully saturated rings. The standard InChI is InChI=1S/C19H23N5O2/c1-13-12-24-16(10-20-13)21-11-17(24)23-15-7-5-14(6-8-15)9-22-18(25)26-19(2,3)4/h5-8,10-12,23H,9H2,1-4H3,(H,22,25). The highest BCUT2D eigenvalue weighted by Gasteiger charge is 2.15. The molecule has 0 spiro atoms. The van der Waals surface area contributed by atoms with Crippen molar-refractivity contribution in [2.45, 2.75) is 39.8 Å². The van der Waals surface area contributed by atoms with Gasteiger partial charge in [-0.2, -0.15) is 0 Å². The first-order chi connectivity index (χ1) is 12.3. The molecular weight excluding hydrogens is 330 g/mol. The van der Waals surface area contributed by atoms with E-state index in [4.69, 9.17) is 4.74 Å². The molecular formula is C19H23N5O2. The number of aromatic nitrogens is 3. The second kappa shape index (κ2) is 7.03. The van der Waals surface area contributed by atoms with Gasteiger partial charge in [0.15, 0.2) is 5.65 Å². The summed E-state index contributed by atoms with van der Waals surface area (Å²) >= 11 is 0. The van der Waals surface area contributed by atoms with Crippen molar-refractivity contribution in [2.24, 2.45) is 0 Å². The van der Waals surface area contributed by atoms with Gasteiger partial charge in [-0.05, 0) is 45.4 Å². The summed E-state index contributed by atoms with van der Waals surface area (Å²) in [6.07, 6.45) is 5.03. The number of benzene rings is 1.